The van der Waals surface area contributed by atoms with Crippen molar-refractivity contribution in [2.45, 2.75) is 13.3 Å². The first kappa shape index (κ1) is 21.9. The molecule has 0 aromatic heterocycles. The van der Waals surface area contributed by atoms with Crippen LogP contribution in [0.3, 0.4) is 0 Å². The first-order valence-corrected chi connectivity index (χ1v) is 11.2. The molecule has 0 bridgehead atoms. The summed E-state index contributed by atoms with van der Waals surface area (Å²) in [5, 5.41) is 6.75. The molecule has 0 spiro atoms. The van der Waals surface area contributed by atoms with Crippen molar-refractivity contribution in [1.82, 2.24) is 5.32 Å². The highest BCUT2D eigenvalue weighted by molar-refractivity contribution is 7.95. The molecule has 3 rings (SSSR count). The number of carbonyl (C=O) groups is 1. The van der Waals surface area contributed by atoms with Gasteiger partial charge in [-0.15, -0.1) is 0 Å². The van der Waals surface area contributed by atoms with Crippen molar-refractivity contribution in [3.05, 3.63) is 91.0 Å². The number of hydrogen-bond acceptors (Lipinski definition) is 2. The summed E-state index contributed by atoms with van der Waals surface area (Å²) in [5.41, 5.74) is 0. The van der Waals surface area contributed by atoms with E-state index in [1.165, 1.54) is 15.9 Å². The van der Waals surface area contributed by atoms with Crippen LogP contribution in [0.25, 0.3) is 0 Å². The average Bonchev–Trinajstić information content (AvgIpc) is 2.75. The van der Waals surface area contributed by atoms with Crippen LogP contribution in [0.2, 0.25) is 0 Å². The zero-order valence-corrected chi connectivity index (χ0v) is 17.6. The van der Waals surface area contributed by atoms with E-state index in [0.717, 1.165) is 6.42 Å². The van der Waals surface area contributed by atoms with E-state index in [1.807, 2.05) is 25.1 Å². The van der Waals surface area contributed by atoms with Gasteiger partial charge in [0.15, 0.2) is 0 Å². The topological polar surface area (TPSA) is 38.3 Å². The highest BCUT2D eigenvalue weighted by Gasteiger charge is 2.45. The predicted octanol–water partition coefficient (Wildman–Crippen LogP) is 1.08. The molecule has 146 valence electrons. The summed E-state index contributed by atoms with van der Waals surface area (Å²) in [7, 11) is -2.05. The third-order valence-corrected chi connectivity index (χ3v) is 8.66. The minimum absolute atomic E-state index is 0. The molecule has 0 fully saturated rings. The minimum atomic E-state index is -2.05. The molecule has 0 atom stereocenters. The Hall–Kier alpha value is -2.35. The first-order valence-electron chi connectivity index (χ1n) is 9.23. The Morgan fingerprint density at radius 3 is 1.54 bits per heavy atom. The molecular formula is C23H25ClNO2P. The van der Waals surface area contributed by atoms with Gasteiger partial charge in [-0.25, -0.2) is 4.79 Å². The largest absolute Gasteiger partial charge is 1.00 e. The quantitative estimate of drug-likeness (QED) is 0.589. The van der Waals surface area contributed by atoms with Gasteiger partial charge in [-0.05, 0) is 42.8 Å². The Kier molecular flexibility index (Phi) is 8.50. The predicted molar refractivity (Wildman–Crippen MR) is 115 cm³/mol. The van der Waals surface area contributed by atoms with Gasteiger partial charge < -0.3 is 17.1 Å². The lowest BCUT2D eigenvalue weighted by molar-refractivity contribution is -0.0000112. The van der Waals surface area contributed by atoms with Crippen molar-refractivity contribution >= 4 is 29.3 Å². The van der Waals surface area contributed by atoms with Gasteiger partial charge in [0.05, 0.1) is 6.61 Å². The highest BCUT2D eigenvalue weighted by atomic mass is 35.5. The van der Waals surface area contributed by atoms with E-state index < -0.39 is 7.26 Å². The average molecular weight is 414 g/mol. The fraction of sp³-hybridized carbons (Fsp3) is 0.174. The van der Waals surface area contributed by atoms with Gasteiger partial charge in [0.1, 0.15) is 29.5 Å². The van der Waals surface area contributed by atoms with Crippen LogP contribution in [0.5, 0.6) is 0 Å². The molecule has 3 aromatic carbocycles. The molecule has 0 saturated carbocycles. The molecule has 1 N–H and O–H groups in total. The number of hydrogen-bond donors (Lipinski definition) is 1. The molecule has 0 heterocycles. The van der Waals surface area contributed by atoms with Crippen LogP contribution < -0.4 is 33.6 Å². The van der Waals surface area contributed by atoms with E-state index in [-0.39, 0.29) is 18.5 Å². The Balaban J connectivity index is 0.00000280. The summed E-state index contributed by atoms with van der Waals surface area (Å²) >= 11 is 0. The summed E-state index contributed by atoms with van der Waals surface area (Å²) in [6.07, 6.45) is 0.973. The monoisotopic (exact) mass is 413 g/mol. The van der Waals surface area contributed by atoms with Crippen LogP contribution in [-0.2, 0) is 4.74 Å². The van der Waals surface area contributed by atoms with Gasteiger partial charge in [-0.1, -0.05) is 61.5 Å². The van der Waals surface area contributed by atoms with Crippen LogP contribution in [0, 0.1) is 0 Å². The molecule has 0 saturated heterocycles. The second-order valence-electron chi connectivity index (χ2n) is 6.29. The van der Waals surface area contributed by atoms with Gasteiger partial charge in [-0.2, -0.15) is 0 Å². The highest BCUT2D eigenvalue weighted by Crippen LogP contribution is 2.54. The van der Waals surface area contributed by atoms with Crippen LogP contribution >= 0.6 is 7.26 Å². The molecule has 3 nitrogen and oxygen atoms in total. The van der Waals surface area contributed by atoms with E-state index in [1.54, 1.807) is 0 Å². The number of amides is 1. The fourth-order valence-electron chi connectivity index (χ4n) is 3.20. The second-order valence-corrected chi connectivity index (χ2v) is 9.77. The molecule has 1 amide bonds. The normalized spacial score (nSPS) is 10.6. The zero-order valence-electron chi connectivity index (χ0n) is 15.9. The number of benzene rings is 3. The van der Waals surface area contributed by atoms with Crippen molar-refractivity contribution in [2.24, 2.45) is 0 Å². The molecule has 0 aliphatic rings. The lowest BCUT2D eigenvalue weighted by Crippen LogP contribution is -3.00. The number of alkyl carbamates (subject to hydrolysis) is 1. The van der Waals surface area contributed by atoms with Gasteiger partial charge in [-0.3, -0.25) is 5.32 Å². The Morgan fingerprint density at radius 1 is 0.786 bits per heavy atom. The summed E-state index contributed by atoms with van der Waals surface area (Å²) < 4.78 is 5.26. The third-order valence-electron chi connectivity index (χ3n) is 4.49. The maximum absolute atomic E-state index is 12.2. The number of rotatable bonds is 7. The molecule has 3 aromatic rings. The zero-order chi connectivity index (χ0) is 19.0. The van der Waals surface area contributed by atoms with Crippen molar-refractivity contribution in [3.8, 4) is 0 Å². The van der Waals surface area contributed by atoms with Crippen LogP contribution in [-0.4, -0.2) is 19.0 Å². The van der Waals surface area contributed by atoms with Crippen LogP contribution in [0.15, 0.2) is 91.0 Å². The van der Waals surface area contributed by atoms with E-state index in [2.05, 4.69) is 78.1 Å². The van der Waals surface area contributed by atoms with Crippen molar-refractivity contribution in [3.63, 3.8) is 0 Å². The summed E-state index contributed by atoms with van der Waals surface area (Å²) in [6, 6.07) is 31.4. The van der Waals surface area contributed by atoms with Crippen LogP contribution in [0.1, 0.15) is 13.3 Å². The second kappa shape index (κ2) is 10.8. The number of nitrogens with one attached hydrogen (secondary N) is 1. The molecule has 0 radical (unpaired) electrons. The SMILES string of the molecule is CCCOC(=O)NC[P+](c1ccccc1)(c1ccccc1)c1ccccc1.[Cl-]. The summed E-state index contributed by atoms with van der Waals surface area (Å²) in [6.45, 7) is 2.42. The van der Waals surface area contributed by atoms with Crippen molar-refractivity contribution in [1.29, 1.82) is 0 Å². The van der Waals surface area contributed by atoms with Gasteiger partial charge >= 0.3 is 6.09 Å². The van der Waals surface area contributed by atoms with Crippen LogP contribution in [0.4, 0.5) is 4.79 Å². The molecule has 5 heteroatoms. The molecular weight excluding hydrogens is 389 g/mol. The van der Waals surface area contributed by atoms with E-state index in [4.69, 9.17) is 4.74 Å². The smallest absolute Gasteiger partial charge is 0.409 e. The molecule has 0 unspecified atom stereocenters. The standard InChI is InChI=1S/C23H24NO2P.ClH/c1-2-18-26-23(25)24-19-27(20-12-6-3-7-13-20,21-14-8-4-9-15-21)22-16-10-5-11-17-22;/h3-17H,2,18-19H2,1H3;1H. The number of carbonyl (C=O) groups excluding carboxylic acids is 1. The van der Waals surface area contributed by atoms with E-state index in [9.17, 15) is 4.79 Å². The Labute approximate surface area is 173 Å². The lowest BCUT2D eigenvalue weighted by atomic mass is 10.4. The first-order chi connectivity index (χ1) is 13.3. The number of ether oxygens (including phenoxy) is 1. The fourth-order valence-corrected chi connectivity index (χ4v) is 7.05. The van der Waals surface area contributed by atoms with Crippen molar-refractivity contribution < 1.29 is 21.9 Å². The van der Waals surface area contributed by atoms with Crippen molar-refractivity contribution in [2.75, 3.05) is 12.9 Å². The third kappa shape index (κ3) is 4.92. The van der Waals surface area contributed by atoms with E-state index >= 15 is 0 Å². The van der Waals surface area contributed by atoms with Gasteiger partial charge in [0.2, 0.25) is 0 Å². The maximum atomic E-state index is 12.2. The molecule has 28 heavy (non-hydrogen) atoms. The summed E-state index contributed by atoms with van der Waals surface area (Å²) in [4.78, 5) is 12.2. The minimum Gasteiger partial charge on any atom is -1.00 e. The van der Waals surface area contributed by atoms with Gasteiger partial charge in [0.25, 0.3) is 0 Å². The molecule has 0 aliphatic carbocycles. The lowest BCUT2D eigenvalue weighted by Gasteiger charge is -2.27. The Morgan fingerprint density at radius 2 is 1.18 bits per heavy atom. The number of halogens is 1. The summed E-state index contributed by atoms with van der Waals surface area (Å²) in [5.74, 6) is 0. The Bertz CT molecular complexity index is 748. The molecule has 0 aliphatic heterocycles. The maximum Gasteiger partial charge on any atom is 0.409 e. The van der Waals surface area contributed by atoms with Gasteiger partial charge in [0, 0.05) is 0 Å². The van der Waals surface area contributed by atoms with E-state index in [0.29, 0.717) is 12.9 Å².